The number of hydrogen-bond acceptors (Lipinski definition) is 3. The van der Waals surface area contributed by atoms with E-state index < -0.39 is 7.14 Å². The lowest BCUT2D eigenvalue weighted by atomic mass is 10.0. The Labute approximate surface area is 149 Å². The number of nitrogens with zero attached hydrogens (tertiary/aromatic N) is 2. The SMILES string of the molecule is CCc1c[nH]c2ncc(-c3ccc(CN(C)C)c(P(C)(C)=O)c3)cc12. The van der Waals surface area contributed by atoms with Crippen LogP contribution in [0, 0.1) is 0 Å². The predicted molar refractivity (Wildman–Crippen MR) is 107 cm³/mol. The number of hydrogen-bond donors (Lipinski definition) is 1. The third-order valence-electron chi connectivity index (χ3n) is 4.48. The van der Waals surface area contributed by atoms with Gasteiger partial charge < -0.3 is 14.4 Å². The van der Waals surface area contributed by atoms with Crippen LogP contribution in [0.4, 0.5) is 0 Å². The van der Waals surface area contributed by atoms with Crippen LogP contribution in [0.5, 0.6) is 0 Å². The van der Waals surface area contributed by atoms with E-state index in [9.17, 15) is 4.57 Å². The second-order valence-electron chi connectivity index (χ2n) is 7.22. The highest BCUT2D eigenvalue weighted by molar-refractivity contribution is 7.70. The molecule has 1 aromatic carbocycles. The monoisotopic (exact) mass is 355 g/mol. The molecule has 25 heavy (non-hydrogen) atoms. The average Bonchev–Trinajstić information content (AvgIpc) is 2.95. The van der Waals surface area contributed by atoms with Gasteiger partial charge >= 0.3 is 0 Å². The van der Waals surface area contributed by atoms with E-state index in [-0.39, 0.29) is 0 Å². The Morgan fingerprint density at radius 1 is 1.12 bits per heavy atom. The third-order valence-corrected chi connectivity index (χ3v) is 6.06. The van der Waals surface area contributed by atoms with Crippen molar-refractivity contribution in [3.05, 3.63) is 47.8 Å². The fourth-order valence-corrected chi connectivity index (χ4v) is 4.51. The first-order valence-electron chi connectivity index (χ1n) is 8.59. The van der Waals surface area contributed by atoms with E-state index in [0.29, 0.717) is 0 Å². The van der Waals surface area contributed by atoms with Gasteiger partial charge in [-0.2, -0.15) is 0 Å². The predicted octanol–water partition coefficient (Wildman–Crippen LogP) is 4.10. The summed E-state index contributed by atoms with van der Waals surface area (Å²) in [7, 11) is 1.70. The van der Waals surface area contributed by atoms with Crippen molar-refractivity contribution in [3.8, 4) is 11.1 Å². The number of H-pyrrole nitrogens is 1. The quantitative estimate of drug-likeness (QED) is 0.701. The van der Waals surface area contributed by atoms with Crippen molar-refractivity contribution in [2.24, 2.45) is 0 Å². The summed E-state index contributed by atoms with van der Waals surface area (Å²) in [6.45, 7) is 6.62. The minimum absolute atomic E-state index is 0.788. The normalized spacial score (nSPS) is 12.2. The number of pyridine rings is 1. The second-order valence-corrected chi connectivity index (χ2v) is 10.4. The number of nitrogens with one attached hydrogen (secondary N) is 1. The molecule has 0 aliphatic carbocycles. The first-order valence-corrected chi connectivity index (χ1v) is 11.2. The molecule has 0 bridgehead atoms. The molecule has 2 heterocycles. The molecule has 0 saturated heterocycles. The molecule has 3 aromatic rings. The Kier molecular flexibility index (Phi) is 4.86. The second kappa shape index (κ2) is 6.78. The minimum Gasteiger partial charge on any atom is -0.346 e. The fraction of sp³-hybridized carbons (Fsp3) is 0.350. The lowest BCUT2D eigenvalue weighted by Crippen LogP contribution is -2.19. The van der Waals surface area contributed by atoms with Crippen molar-refractivity contribution in [2.45, 2.75) is 19.9 Å². The van der Waals surface area contributed by atoms with E-state index in [1.165, 1.54) is 5.56 Å². The number of fused-ring (bicyclic) bond motifs is 1. The zero-order valence-corrected chi connectivity index (χ0v) is 16.5. The molecule has 2 aromatic heterocycles. The molecule has 4 nitrogen and oxygen atoms in total. The number of aryl methyl sites for hydroxylation is 1. The number of rotatable bonds is 5. The molecule has 0 atom stereocenters. The van der Waals surface area contributed by atoms with Crippen LogP contribution < -0.4 is 5.30 Å². The molecule has 0 aliphatic rings. The standard InChI is InChI=1S/C20H26N3OP/c1-6-14-11-21-20-18(14)9-17(12-22-20)15-7-8-16(13-23(2)3)19(10-15)25(4,5)24/h7-12H,6,13H2,1-5H3,(H,21,22). The van der Waals surface area contributed by atoms with Crippen LogP contribution in [0.25, 0.3) is 22.2 Å². The number of benzene rings is 1. The van der Waals surface area contributed by atoms with Crippen molar-refractivity contribution in [3.63, 3.8) is 0 Å². The van der Waals surface area contributed by atoms with Crippen molar-refractivity contribution >= 4 is 23.5 Å². The van der Waals surface area contributed by atoms with E-state index >= 15 is 0 Å². The van der Waals surface area contributed by atoms with Gasteiger partial charge in [0.05, 0.1) is 0 Å². The zero-order valence-electron chi connectivity index (χ0n) is 15.6. The first-order chi connectivity index (χ1) is 11.8. The van der Waals surface area contributed by atoms with E-state index in [0.717, 1.165) is 46.0 Å². The molecular weight excluding hydrogens is 329 g/mol. The van der Waals surface area contributed by atoms with Gasteiger partial charge in [-0.1, -0.05) is 19.1 Å². The maximum atomic E-state index is 12.8. The van der Waals surface area contributed by atoms with Crippen molar-refractivity contribution in [2.75, 3.05) is 27.4 Å². The summed E-state index contributed by atoms with van der Waals surface area (Å²) in [6.07, 6.45) is 4.88. The van der Waals surface area contributed by atoms with Gasteiger partial charge in [-0.15, -0.1) is 0 Å². The summed E-state index contributed by atoms with van der Waals surface area (Å²) in [5.74, 6) is 0. The van der Waals surface area contributed by atoms with Crippen LogP contribution in [-0.4, -0.2) is 42.3 Å². The van der Waals surface area contributed by atoms with Crippen molar-refractivity contribution in [1.82, 2.24) is 14.9 Å². The van der Waals surface area contributed by atoms with Crippen molar-refractivity contribution in [1.29, 1.82) is 0 Å². The lowest BCUT2D eigenvalue weighted by Gasteiger charge is -2.18. The van der Waals surface area contributed by atoms with Gasteiger partial charge in [-0.25, -0.2) is 4.98 Å². The summed E-state index contributed by atoms with van der Waals surface area (Å²) >= 11 is 0. The molecule has 0 fully saturated rings. The Morgan fingerprint density at radius 3 is 2.52 bits per heavy atom. The van der Waals surface area contributed by atoms with Crippen LogP contribution in [0.1, 0.15) is 18.1 Å². The molecule has 132 valence electrons. The fourth-order valence-electron chi connectivity index (χ4n) is 3.23. The molecular formula is C20H26N3OP. The smallest absolute Gasteiger partial charge is 0.137 e. The molecule has 0 radical (unpaired) electrons. The van der Waals surface area contributed by atoms with E-state index in [1.807, 2.05) is 39.8 Å². The summed E-state index contributed by atoms with van der Waals surface area (Å²) < 4.78 is 12.8. The van der Waals surface area contributed by atoms with Crippen LogP contribution in [0.15, 0.2) is 36.7 Å². The highest BCUT2D eigenvalue weighted by Gasteiger charge is 2.18. The molecule has 0 unspecified atom stereocenters. The Morgan fingerprint density at radius 2 is 1.88 bits per heavy atom. The van der Waals surface area contributed by atoms with E-state index in [4.69, 9.17) is 0 Å². The highest BCUT2D eigenvalue weighted by atomic mass is 31.2. The van der Waals surface area contributed by atoms with E-state index in [2.05, 4.69) is 46.1 Å². The highest BCUT2D eigenvalue weighted by Crippen LogP contribution is 2.38. The zero-order chi connectivity index (χ0) is 18.2. The van der Waals surface area contributed by atoms with E-state index in [1.54, 1.807) is 0 Å². The molecule has 1 N–H and O–H groups in total. The van der Waals surface area contributed by atoms with Crippen LogP contribution in [-0.2, 0) is 17.5 Å². The van der Waals surface area contributed by atoms with Gasteiger partial charge in [0.1, 0.15) is 12.8 Å². The van der Waals surface area contributed by atoms with Crippen molar-refractivity contribution < 1.29 is 4.57 Å². The minimum atomic E-state index is -2.36. The molecule has 3 rings (SSSR count). The number of aromatic amines is 1. The summed E-state index contributed by atoms with van der Waals surface area (Å²) in [5, 5.41) is 2.12. The van der Waals surface area contributed by atoms with Crippen LogP contribution in [0.2, 0.25) is 0 Å². The van der Waals surface area contributed by atoms with Gasteiger partial charge in [-0.3, -0.25) is 0 Å². The largest absolute Gasteiger partial charge is 0.346 e. The maximum Gasteiger partial charge on any atom is 0.137 e. The van der Waals surface area contributed by atoms with Crippen LogP contribution in [0.3, 0.4) is 0 Å². The average molecular weight is 355 g/mol. The topological polar surface area (TPSA) is 49.0 Å². The Hall–Kier alpha value is -1.90. The Balaban J connectivity index is 2.12. The lowest BCUT2D eigenvalue weighted by molar-refractivity contribution is 0.403. The molecule has 0 amide bonds. The maximum absolute atomic E-state index is 12.8. The summed E-state index contributed by atoms with van der Waals surface area (Å²) in [5.41, 5.74) is 5.45. The van der Waals surface area contributed by atoms with Gasteiger partial charge in [0.15, 0.2) is 0 Å². The molecule has 0 aliphatic heterocycles. The molecule has 5 heteroatoms. The van der Waals surface area contributed by atoms with Gasteiger partial charge in [0, 0.05) is 35.2 Å². The number of aromatic nitrogens is 2. The molecule has 0 spiro atoms. The Bertz CT molecular complexity index is 953. The van der Waals surface area contributed by atoms with Crippen LogP contribution >= 0.6 is 7.14 Å². The summed E-state index contributed by atoms with van der Waals surface area (Å²) in [6, 6.07) is 8.48. The van der Waals surface area contributed by atoms with Gasteiger partial charge in [0.25, 0.3) is 0 Å². The first kappa shape index (κ1) is 17.9. The summed E-state index contributed by atoms with van der Waals surface area (Å²) in [4.78, 5) is 9.89. The van der Waals surface area contributed by atoms with Gasteiger partial charge in [-0.05, 0) is 62.7 Å². The third kappa shape index (κ3) is 3.70. The molecule has 0 saturated carbocycles. The van der Waals surface area contributed by atoms with Gasteiger partial charge in [0.2, 0.25) is 0 Å².